The zero-order valence-corrected chi connectivity index (χ0v) is 9.90. The minimum absolute atomic E-state index is 0.146. The van der Waals surface area contributed by atoms with E-state index in [1.54, 1.807) is 14.2 Å². The molecule has 0 aliphatic heterocycles. The summed E-state index contributed by atoms with van der Waals surface area (Å²) in [6.45, 7) is 2.04. The zero-order valence-electron chi connectivity index (χ0n) is 9.90. The fraction of sp³-hybridized carbons (Fsp3) is 1.00. The maximum atomic E-state index is 9.54. The van der Waals surface area contributed by atoms with Gasteiger partial charge in [-0.05, 0) is 32.6 Å². The average Bonchev–Trinajstić information content (AvgIpc) is 2.19. The molecule has 0 bridgehead atoms. The molecule has 15 heavy (non-hydrogen) atoms. The van der Waals surface area contributed by atoms with Gasteiger partial charge in [-0.25, -0.2) is 0 Å². The van der Waals surface area contributed by atoms with Crippen LogP contribution in [0.5, 0.6) is 0 Å². The molecule has 0 aromatic rings. The Balaban J connectivity index is 2.32. The smallest absolute Gasteiger partial charge is 0.171 e. The third kappa shape index (κ3) is 4.07. The molecule has 2 N–H and O–H groups in total. The van der Waals surface area contributed by atoms with Gasteiger partial charge in [0.15, 0.2) is 6.29 Å². The first-order valence-corrected chi connectivity index (χ1v) is 5.67. The molecular formula is C11H23NO3. The van der Waals surface area contributed by atoms with Crippen LogP contribution in [-0.2, 0) is 9.47 Å². The highest BCUT2D eigenvalue weighted by molar-refractivity contribution is 4.80. The van der Waals surface area contributed by atoms with Crippen LogP contribution in [-0.4, -0.2) is 43.8 Å². The first-order valence-electron chi connectivity index (χ1n) is 5.67. The van der Waals surface area contributed by atoms with Crippen LogP contribution >= 0.6 is 0 Å². The van der Waals surface area contributed by atoms with Crippen LogP contribution in [0.4, 0.5) is 0 Å². The van der Waals surface area contributed by atoms with Crippen molar-refractivity contribution in [2.45, 2.75) is 57.1 Å². The van der Waals surface area contributed by atoms with E-state index in [4.69, 9.17) is 9.47 Å². The Morgan fingerprint density at radius 1 is 1.27 bits per heavy atom. The van der Waals surface area contributed by atoms with Crippen molar-refractivity contribution in [3.63, 3.8) is 0 Å². The van der Waals surface area contributed by atoms with E-state index in [1.165, 1.54) is 0 Å². The maximum absolute atomic E-state index is 9.54. The molecular weight excluding hydrogens is 194 g/mol. The van der Waals surface area contributed by atoms with Crippen molar-refractivity contribution in [2.24, 2.45) is 0 Å². The van der Waals surface area contributed by atoms with Crippen molar-refractivity contribution in [3.8, 4) is 0 Å². The predicted octanol–water partition coefficient (Wildman–Crippen LogP) is 0.887. The molecule has 0 aromatic heterocycles. The molecule has 90 valence electrons. The van der Waals surface area contributed by atoms with Crippen molar-refractivity contribution in [2.75, 3.05) is 14.2 Å². The third-order valence-electron chi connectivity index (χ3n) is 3.02. The highest BCUT2D eigenvalue weighted by Crippen LogP contribution is 2.19. The Bertz CT molecular complexity index is 173. The van der Waals surface area contributed by atoms with Gasteiger partial charge in [-0.15, -0.1) is 0 Å². The lowest BCUT2D eigenvalue weighted by Crippen LogP contribution is -2.47. The first-order chi connectivity index (χ1) is 7.17. The van der Waals surface area contributed by atoms with E-state index < -0.39 is 0 Å². The Morgan fingerprint density at radius 3 is 2.47 bits per heavy atom. The summed E-state index contributed by atoms with van der Waals surface area (Å²) in [4.78, 5) is 0. The second kappa shape index (κ2) is 6.43. The number of rotatable bonds is 5. The highest BCUT2D eigenvalue weighted by Gasteiger charge is 2.24. The van der Waals surface area contributed by atoms with Crippen LogP contribution in [0, 0.1) is 0 Å². The Kier molecular flexibility index (Phi) is 5.53. The Hall–Kier alpha value is -0.160. The fourth-order valence-electron chi connectivity index (χ4n) is 2.27. The number of nitrogens with one attached hydrogen (secondary N) is 1. The maximum Gasteiger partial charge on any atom is 0.171 e. The van der Waals surface area contributed by atoms with Crippen LogP contribution in [0.15, 0.2) is 0 Å². The van der Waals surface area contributed by atoms with E-state index in [1.807, 2.05) is 6.92 Å². The SMILES string of the molecule is COC(OC)C(C)NC1CCCC(O)C1. The second-order valence-corrected chi connectivity index (χ2v) is 4.31. The largest absolute Gasteiger partial charge is 0.393 e. The molecule has 0 spiro atoms. The fourth-order valence-corrected chi connectivity index (χ4v) is 2.27. The van der Waals surface area contributed by atoms with Crippen molar-refractivity contribution in [3.05, 3.63) is 0 Å². The molecule has 4 nitrogen and oxygen atoms in total. The molecule has 1 aliphatic carbocycles. The molecule has 1 rings (SSSR count). The number of ether oxygens (including phenoxy) is 2. The minimum atomic E-state index is -0.218. The highest BCUT2D eigenvalue weighted by atomic mass is 16.7. The van der Waals surface area contributed by atoms with Gasteiger partial charge in [0.25, 0.3) is 0 Å². The summed E-state index contributed by atoms with van der Waals surface area (Å²) in [7, 11) is 3.28. The summed E-state index contributed by atoms with van der Waals surface area (Å²) in [6.07, 6.45) is 3.63. The van der Waals surface area contributed by atoms with Crippen molar-refractivity contribution >= 4 is 0 Å². The number of hydrogen-bond acceptors (Lipinski definition) is 4. The van der Waals surface area contributed by atoms with Crippen molar-refractivity contribution in [1.82, 2.24) is 5.32 Å². The van der Waals surface area contributed by atoms with Crippen LogP contribution in [0.25, 0.3) is 0 Å². The molecule has 1 fully saturated rings. The molecule has 3 atom stereocenters. The Morgan fingerprint density at radius 2 is 1.93 bits per heavy atom. The van der Waals surface area contributed by atoms with E-state index in [-0.39, 0.29) is 18.4 Å². The molecule has 0 amide bonds. The lowest BCUT2D eigenvalue weighted by Gasteiger charge is -2.31. The minimum Gasteiger partial charge on any atom is -0.393 e. The van der Waals surface area contributed by atoms with Crippen LogP contribution in [0.1, 0.15) is 32.6 Å². The number of methoxy groups -OCH3 is 2. The summed E-state index contributed by atoms with van der Waals surface area (Å²) >= 11 is 0. The second-order valence-electron chi connectivity index (χ2n) is 4.31. The van der Waals surface area contributed by atoms with Crippen molar-refractivity contribution < 1.29 is 14.6 Å². The lowest BCUT2D eigenvalue weighted by atomic mass is 9.92. The summed E-state index contributed by atoms with van der Waals surface area (Å²) in [5.41, 5.74) is 0. The Labute approximate surface area is 92.0 Å². The molecule has 3 unspecified atom stereocenters. The van der Waals surface area contributed by atoms with E-state index in [2.05, 4.69) is 5.32 Å². The quantitative estimate of drug-likeness (QED) is 0.671. The molecule has 4 heteroatoms. The molecule has 0 saturated heterocycles. The standard InChI is InChI=1S/C11H23NO3/c1-8(11(14-2)15-3)12-9-5-4-6-10(13)7-9/h8-13H,4-7H2,1-3H3. The third-order valence-corrected chi connectivity index (χ3v) is 3.02. The monoisotopic (exact) mass is 217 g/mol. The van der Waals surface area contributed by atoms with Gasteiger partial charge in [0.2, 0.25) is 0 Å². The zero-order chi connectivity index (χ0) is 11.3. The number of aliphatic hydroxyl groups is 1. The molecule has 1 aliphatic rings. The summed E-state index contributed by atoms with van der Waals surface area (Å²) in [5, 5.41) is 13.0. The molecule has 0 radical (unpaired) electrons. The summed E-state index contributed by atoms with van der Waals surface area (Å²) < 4.78 is 10.4. The van der Waals surface area contributed by atoms with E-state index in [0.717, 1.165) is 25.7 Å². The predicted molar refractivity (Wildman–Crippen MR) is 58.7 cm³/mol. The van der Waals surface area contributed by atoms with Gasteiger partial charge in [-0.2, -0.15) is 0 Å². The average molecular weight is 217 g/mol. The van der Waals surface area contributed by atoms with Gasteiger partial charge in [-0.1, -0.05) is 0 Å². The van der Waals surface area contributed by atoms with Gasteiger partial charge in [0, 0.05) is 20.3 Å². The van der Waals surface area contributed by atoms with Crippen LogP contribution < -0.4 is 5.32 Å². The molecule has 0 aromatic carbocycles. The number of aliphatic hydroxyl groups excluding tert-OH is 1. The first kappa shape index (κ1) is 12.9. The van der Waals surface area contributed by atoms with Crippen LogP contribution in [0.2, 0.25) is 0 Å². The molecule has 1 saturated carbocycles. The van der Waals surface area contributed by atoms with Gasteiger partial charge >= 0.3 is 0 Å². The normalized spacial score (nSPS) is 29.4. The van der Waals surface area contributed by atoms with Gasteiger partial charge in [0.1, 0.15) is 0 Å². The topological polar surface area (TPSA) is 50.7 Å². The van der Waals surface area contributed by atoms with E-state index in [0.29, 0.717) is 6.04 Å². The van der Waals surface area contributed by atoms with E-state index >= 15 is 0 Å². The lowest BCUT2D eigenvalue weighted by molar-refractivity contribution is -0.122. The van der Waals surface area contributed by atoms with Gasteiger partial charge in [-0.3, -0.25) is 0 Å². The van der Waals surface area contributed by atoms with Crippen LogP contribution in [0.3, 0.4) is 0 Å². The van der Waals surface area contributed by atoms with Crippen molar-refractivity contribution in [1.29, 1.82) is 0 Å². The van der Waals surface area contributed by atoms with Gasteiger partial charge in [0.05, 0.1) is 12.1 Å². The molecule has 0 heterocycles. The summed E-state index contributed by atoms with van der Waals surface area (Å²) in [6, 6.07) is 0.534. The number of hydrogen-bond donors (Lipinski definition) is 2. The summed E-state index contributed by atoms with van der Waals surface area (Å²) in [5.74, 6) is 0. The van der Waals surface area contributed by atoms with Gasteiger partial charge < -0.3 is 19.9 Å². The van der Waals surface area contributed by atoms with E-state index in [9.17, 15) is 5.11 Å².